The van der Waals surface area contributed by atoms with E-state index in [1.54, 1.807) is 42.5 Å². The minimum Gasteiger partial charge on any atom is -0.422 e. The molecule has 0 bridgehead atoms. The van der Waals surface area contributed by atoms with Gasteiger partial charge >= 0.3 is 5.63 Å². The largest absolute Gasteiger partial charge is 0.422 e. The van der Waals surface area contributed by atoms with Gasteiger partial charge in [0.1, 0.15) is 11.5 Å². The molecule has 1 aliphatic heterocycles. The number of allylic oxidation sites excluding steroid dienone is 1. The number of rotatable bonds is 3. The van der Waals surface area contributed by atoms with E-state index in [0.717, 1.165) is 5.39 Å². The van der Waals surface area contributed by atoms with Crippen LogP contribution in [0.5, 0.6) is 0 Å². The highest BCUT2D eigenvalue weighted by Crippen LogP contribution is 2.47. The Morgan fingerprint density at radius 2 is 1.78 bits per heavy atom. The predicted octanol–water partition coefficient (Wildman–Crippen LogP) is 4.18. The molecule has 3 aromatic rings. The maximum absolute atomic E-state index is 12.9. The Morgan fingerprint density at radius 3 is 2.44 bits per heavy atom. The van der Waals surface area contributed by atoms with Crippen LogP contribution in [0.3, 0.4) is 0 Å². The van der Waals surface area contributed by atoms with Gasteiger partial charge in [0.15, 0.2) is 5.03 Å². The molecule has 27 heavy (non-hydrogen) atoms. The molecule has 0 fully saturated rings. The van der Waals surface area contributed by atoms with Gasteiger partial charge in [-0.05, 0) is 24.0 Å². The van der Waals surface area contributed by atoms with E-state index in [9.17, 15) is 14.9 Å². The summed E-state index contributed by atoms with van der Waals surface area (Å²) in [5.74, 6) is -0.796. The van der Waals surface area contributed by atoms with Gasteiger partial charge in [-0.3, -0.25) is 10.1 Å². The van der Waals surface area contributed by atoms with Crippen LogP contribution < -0.4 is 10.5 Å². The van der Waals surface area contributed by atoms with E-state index in [2.05, 4.69) is 0 Å². The van der Waals surface area contributed by atoms with Gasteiger partial charge in [-0.15, -0.1) is 11.8 Å². The number of hydrogen-bond acceptors (Lipinski definition) is 6. The summed E-state index contributed by atoms with van der Waals surface area (Å²) in [6, 6.07) is 16.3. The second-order valence-corrected chi connectivity index (χ2v) is 7.00. The van der Waals surface area contributed by atoms with E-state index in [1.807, 2.05) is 30.3 Å². The maximum atomic E-state index is 12.9. The quantitative estimate of drug-likeness (QED) is 0.385. The molecule has 4 rings (SSSR count). The lowest BCUT2D eigenvalue weighted by molar-refractivity contribution is -0.430. The van der Waals surface area contributed by atoms with Gasteiger partial charge in [0.25, 0.3) is 5.70 Å². The summed E-state index contributed by atoms with van der Waals surface area (Å²) >= 11 is 1.30. The van der Waals surface area contributed by atoms with Gasteiger partial charge in [0.2, 0.25) is 0 Å². The van der Waals surface area contributed by atoms with Gasteiger partial charge in [0.05, 0.1) is 16.2 Å². The number of fused-ring (bicyclic) bond motifs is 3. The van der Waals surface area contributed by atoms with Crippen molar-refractivity contribution in [1.82, 2.24) is 0 Å². The van der Waals surface area contributed by atoms with Crippen LogP contribution >= 0.6 is 11.8 Å². The smallest absolute Gasteiger partial charge is 0.342 e. The average Bonchev–Trinajstić information content (AvgIpc) is 2.68. The molecule has 1 aliphatic rings. The van der Waals surface area contributed by atoms with Crippen molar-refractivity contribution >= 4 is 28.4 Å². The normalized spacial score (nSPS) is 16.5. The Hall–Kier alpha value is -3.06. The van der Waals surface area contributed by atoms with Crippen molar-refractivity contribution in [2.24, 2.45) is 0 Å². The zero-order chi connectivity index (χ0) is 19.1. The summed E-state index contributed by atoms with van der Waals surface area (Å²) in [6.07, 6.45) is 1.80. The molecule has 0 saturated heterocycles. The lowest BCUT2D eigenvalue weighted by Gasteiger charge is -2.32. The Morgan fingerprint density at radius 1 is 1.11 bits per heavy atom. The van der Waals surface area contributed by atoms with Crippen molar-refractivity contribution in [2.45, 2.75) is 5.92 Å². The van der Waals surface area contributed by atoms with E-state index < -0.39 is 16.5 Å². The summed E-state index contributed by atoms with van der Waals surface area (Å²) in [5.41, 5.74) is 1.55. The number of nitro groups is 1. The number of nitrogens with zero attached hydrogens (tertiary/aromatic N) is 2. The highest BCUT2D eigenvalue weighted by Gasteiger charge is 2.43. The summed E-state index contributed by atoms with van der Waals surface area (Å²) < 4.78 is 5.52. The molecule has 2 aromatic carbocycles. The summed E-state index contributed by atoms with van der Waals surface area (Å²) in [6.45, 7) is 0. The van der Waals surface area contributed by atoms with Crippen LogP contribution in [0.25, 0.3) is 11.0 Å². The molecule has 0 radical (unpaired) electrons. The zero-order valence-electron chi connectivity index (χ0n) is 14.7. The van der Waals surface area contributed by atoms with Crippen molar-refractivity contribution in [1.29, 1.82) is 0 Å². The molecule has 1 atom stereocenters. The molecule has 7 heteroatoms. The first kappa shape index (κ1) is 17.4. The first-order chi connectivity index (χ1) is 13.0. The molecule has 1 aromatic heterocycles. The minimum absolute atomic E-state index is 0.00807. The maximum Gasteiger partial charge on any atom is 0.342 e. The van der Waals surface area contributed by atoms with E-state index >= 15 is 0 Å². The van der Waals surface area contributed by atoms with Crippen LogP contribution in [0.4, 0.5) is 5.69 Å². The molecule has 6 nitrogen and oxygen atoms in total. The van der Waals surface area contributed by atoms with Crippen LogP contribution in [0.15, 0.2) is 74.5 Å². The fourth-order valence-corrected chi connectivity index (χ4v) is 4.46. The SMILES string of the molecule is CSC1=C([N+](=O)[O-])C(c2ccccc2)c2c(c3ccccc3oc2=O)N1C. The van der Waals surface area contributed by atoms with Crippen LogP contribution in [-0.4, -0.2) is 18.2 Å². The van der Waals surface area contributed by atoms with Crippen LogP contribution in [-0.2, 0) is 0 Å². The van der Waals surface area contributed by atoms with Gasteiger partial charge in [-0.25, -0.2) is 4.79 Å². The second kappa shape index (κ2) is 6.59. The molecule has 0 N–H and O–H groups in total. The summed E-state index contributed by atoms with van der Waals surface area (Å²) in [7, 11) is 1.75. The van der Waals surface area contributed by atoms with Crippen molar-refractivity contribution in [3.8, 4) is 0 Å². The summed E-state index contributed by atoms with van der Waals surface area (Å²) in [5, 5.41) is 13.3. The van der Waals surface area contributed by atoms with E-state index in [-0.39, 0.29) is 5.70 Å². The fraction of sp³-hybridized carbons (Fsp3) is 0.150. The zero-order valence-corrected chi connectivity index (χ0v) is 15.5. The molecule has 0 amide bonds. The molecule has 0 saturated carbocycles. The van der Waals surface area contributed by atoms with E-state index in [1.165, 1.54) is 11.8 Å². The number of para-hydroxylation sites is 1. The fourth-order valence-electron chi connectivity index (χ4n) is 3.69. The number of hydrogen-bond donors (Lipinski definition) is 0. The van der Waals surface area contributed by atoms with Gasteiger partial charge in [0, 0.05) is 12.4 Å². The topological polar surface area (TPSA) is 76.6 Å². The number of benzene rings is 2. The third-order valence-corrected chi connectivity index (χ3v) is 5.63. The molecular weight excluding hydrogens is 364 g/mol. The summed E-state index contributed by atoms with van der Waals surface area (Å²) in [4.78, 5) is 26.3. The number of thioether (sulfide) groups is 1. The first-order valence-corrected chi connectivity index (χ1v) is 9.54. The third kappa shape index (κ3) is 2.62. The molecular formula is C20H16N2O4S. The third-order valence-electron chi connectivity index (χ3n) is 4.76. The van der Waals surface area contributed by atoms with Gasteiger partial charge < -0.3 is 9.32 Å². The predicted molar refractivity (Wildman–Crippen MR) is 107 cm³/mol. The standard InChI is InChI=1S/C20H16N2O4S/c1-21-17-13-10-6-7-11-14(13)26-20(23)16(17)15(12-8-4-3-5-9-12)18(22(24)25)19(21)27-2/h3-11,15H,1-2H3. The van der Waals surface area contributed by atoms with Crippen molar-refractivity contribution < 1.29 is 9.34 Å². The van der Waals surface area contributed by atoms with Crippen LogP contribution in [0.2, 0.25) is 0 Å². The lowest BCUT2D eigenvalue weighted by atomic mass is 9.85. The van der Waals surface area contributed by atoms with Crippen LogP contribution in [0.1, 0.15) is 17.0 Å². The monoisotopic (exact) mass is 380 g/mol. The highest BCUT2D eigenvalue weighted by molar-refractivity contribution is 8.02. The highest BCUT2D eigenvalue weighted by atomic mass is 32.2. The van der Waals surface area contributed by atoms with E-state index in [4.69, 9.17) is 4.42 Å². The lowest BCUT2D eigenvalue weighted by Crippen LogP contribution is -2.33. The minimum atomic E-state index is -0.796. The molecule has 136 valence electrons. The Kier molecular flexibility index (Phi) is 4.24. The van der Waals surface area contributed by atoms with Gasteiger partial charge in [-0.1, -0.05) is 42.5 Å². The molecule has 0 aliphatic carbocycles. The Bertz CT molecular complexity index is 1140. The van der Waals surface area contributed by atoms with Crippen molar-refractivity contribution in [2.75, 3.05) is 18.2 Å². The van der Waals surface area contributed by atoms with Crippen molar-refractivity contribution in [3.05, 3.63) is 97.0 Å². The first-order valence-electron chi connectivity index (χ1n) is 8.31. The molecule has 2 heterocycles. The Labute approximate surface area is 159 Å². The second-order valence-electron chi connectivity index (χ2n) is 6.20. The van der Waals surface area contributed by atoms with Crippen LogP contribution in [0, 0.1) is 10.1 Å². The van der Waals surface area contributed by atoms with Gasteiger partial charge in [-0.2, -0.15) is 0 Å². The molecule has 0 spiro atoms. The Balaban J connectivity index is 2.16. The van der Waals surface area contributed by atoms with Crippen molar-refractivity contribution in [3.63, 3.8) is 0 Å². The molecule has 1 unspecified atom stereocenters. The number of anilines is 1. The van der Waals surface area contributed by atoms with E-state index in [0.29, 0.717) is 27.4 Å². The average molecular weight is 380 g/mol.